The van der Waals surface area contributed by atoms with Gasteiger partial charge in [-0.25, -0.2) is 4.98 Å². The van der Waals surface area contributed by atoms with Crippen LogP contribution in [0, 0.1) is 5.92 Å². The van der Waals surface area contributed by atoms with E-state index in [4.69, 9.17) is 4.42 Å². The van der Waals surface area contributed by atoms with Gasteiger partial charge in [0.2, 0.25) is 11.8 Å². The Balaban J connectivity index is 1.73. The molecule has 2 heterocycles. The highest BCUT2D eigenvalue weighted by Crippen LogP contribution is 2.35. The number of anilines is 1. The van der Waals surface area contributed by atoms with E-state index in [1.807, 2.05) is 45.0 Å². The van der Waals surface area contributed by atoms with Crippen LogP contribution in [0.2, 0.25) is 0 Å². The monoisotopic (exact) mass is 359 g/mol. The minimum absolute atomic E-state index is 0.00123. The molecular formula is C18H21N3O3S. The number of rotatable bonds is 5. The second kappa shape index (κ2) is 7.31. The summed E-state index contributed by atoms with van der Waals surface area (Å²) in [6, 6.07) is 7.78. The minimum atomic E-state index is -0.267. The maximum atomic E-state index is 12.3. The van der Waals surface area contributed by atoms with Crippen LogP contribution in [0.3, 0.4) is 0 Å². The lowest BCUT2D eigenvalue weighted by Gasteiger charge is -2.27. The summed E-state index contributed by atoms with van der Waals surface area (Å²) < 4.78 is 5.42. The van der Waals surface area contributed by atoms with E-state index in [1.165, 1.54) is 18.0 Å². The number of carbonyl (C=O) groups is 2. The first-order chi connectivity index (χ1) is 12.0. The number of nitrogens with one attached hydrogen (secondary N) is 1. The second-order valence-corrected chi connectivity index (χ2v) is 7.39. The standard InChI is InChI=1S/C18H21N3O3S/c1-11(2)12(3)19-18(23)13-9-24-16(20-13)8-21-14-6-4-5-7-15(14)25-10-17(21)22/h4-7,9,11-12H,8,10H2,1-3H3,(H,19,23)/t12-/m1/s1. The topological polar surface area (TPSA) is 75.4 Å². The van der Waals surface area contributed by atoms with Gasteiger partial charge < -0.3 is 14.6 Å². The van der Waals surface area contributed by atoms with Crippen molar-refractivity contribution in [2.45, 2.75) is 38.3 Å². The van der Waals surface area contributed by atoms with Gasteiger partial charge in [0.25, 0.3) is 5.91 Å². The number of amides is 2. The van der Waals surface area contributed by atoms with Gasteiger partial charge in [0.05, 0.1) is 11.4 Å². The van der Waals surface area contributed by atoms with E-state index in [1.54, 1.807) is 4.90 Å². The maximum absolute atomic E-state index is 12.3. The SMILES string of the molecule is CC(C)[C@@H](C)NC(=O)c1coc(CN2C(=O)CSc3ccccc32)n1. The number of nitrogens with zero attached hydrogens (tertiary/aromatic N) is 2. The molecule has 7 heteroatoms. The maximum Gasteiger partial charge on any atom is 0.273 e. The van der Waals surface area contributed by atoms with E-state index >= 15 is 0 Å². The molecule has 0 bridgehead atoms. The van der Waals surface area contributed by atoms with Crippen molar-refractivity contribution >= 4 is 29.3 Å². The van der Waals surface area contributed by atoms with Crippen LogP contribution in [0.5, 0.6) is 0 Å². The lowest BCUT2D eigenvalue weighted by atomic mass is 10.1. The van der Waals surface area contributed by atoms with Crippen LogP contribution < -0.4 is 10.2 Å². The second-order valence-electron chi connectivity index (χ2n) is 6.37. The molecule has 2 aromatic rings. The van der Waals surface area contributed by atoms with Gasteiger partial charge >= 0.3 is 0 Å². The molecule has 0 saturated carbocycles. The van der Waals surface area contributed by atoms with Crippen molar-refractivity contribution in [2.75, 3.05) is 10.7 Å². The molecule has 1 aliphatic rings. The summed E-state index contributed by atoms with van der Waals surface area (Å²) in [7, 11) is 0. The molecule has 0 spiro atoms. The molecule has 6 nitrogen and oxygen atoms in total. The summed E-state index contributed by atoms with van der Waals surface area (Å²) in [5, 5.41) is 2.89. The molecule has 3 rings (SSSR count). The molecule has 0 aliphatic carbocycles. The van der Waals surface area contributed by atoms with Crippen LogP contribution in [-0.4, -0.2) is 28.6 Å². The minimum Gasteiger partial charge on any atom is -0.446 e. The summed E-state index contributed by atoms with van der Waals surface area (Å²) in [4.78, 5) is 31.4. The zero-order valence-corrected chi connectivity index (χ0v) is 15.3. The number of thioether (sulfide) groups is 1. The van der Waals surface area contributed by atoms with E-state index in [-0.39, 0.29) is 30.1 Å². The highest BCUT2D eigenvalue weighted by Gasteiger charge is 2.26. The number of hydrogen-bond acceptors (Lipinski definition) is 5. The highest BCUT2D eigenvalue weighted by atomic mass is 32.2. The molecule has 0 radical (unpaired) electrons. The molecule has 1 N–H and O–H groups in total. The fourth-order valence-corrected chi connectivity index (χ4v) is 3.33. The third-order valence-corrected chi connectivity index (χ3v) is 5.29. The molecule has 1 aromatic carbocycles. The zero-order valence-electron chi connectivity index (χ0n) is 14.5. The van der Waals surface area contributed by atoms with Crippen molar-refractivity contribution in [3.63, 3.8) is 0 Å². The van der Waals surface area contributed by atoms with E-state index in [2.05, 4.69) is 10.3 Å². The van der Waals surface area contributed by atoms with Crippen LogP contribution in [0.1, 0.15) is 37.2 Å². The van der Waals surface area contributed by atoms with Gasteiger partial charge in [0, 0.05) is 10.9 Å². The largest absolute Gasteiger partial charge is 0.446 e. The van der Waals surface area contributed by atoms with Gasteiger partial charge in [-0.3, -0.25) is 9.59 Å². The van der Waals surface area contributed by atoms with Crippen LogP contribution in [0.25, 0.3) is 0 Å². The van der Waals surface area contributed by atoms with Gasteiger partial charge in [0.15, 0.2) is 5.69 Å². The first kappa shape index (κ1) is 17.5. The van der Waals surface area contributed by atoms with Gasteiger partial charge in [-0.1, -0.05) is 26.0 Å². The van der Waals surface area contributed by atoms with E-state index in [0.29, 0.717) is 17.6 Å². The van der Waals surface area contributed by atoms with Crippen molar-refractivity contribution in [1.82, 2.24) is 10.3 Å². The summed E-state index contributed by atoms with van der Waals surface area (Å²) in [6.07, 6.45) is 1.34. The van der Waals surface area contributed by atoms with Crippen molar-refractivity contribution in [3.8, 4) is 0 Å². The molecule has 0 unspecified atom stereocenters. The quantitative estimate of drug-likeness (QED) is 0.888. The summed E-state index contributed by atoms with van der Waals surface area (Å²) in [5.74, 6) is 0.794. The van der Waals surface area contributed by atoms with Crippen molar-refractivity contribution < 1.29 is 14.0 Å². The normalized spacial score (nSPS) is 15.2. The number of carbonyl (C=O) groups excluding carboxylic acids is 2. The van der Waals surface area contributed by atoms with E-state index in [0.717, 1.165) is 10.6 Å². The fourth-order valence-electron chi connectivity index (χ4n) is 2.40. The molecule has 0 saturated heterocycles. The van der Waals surface area contributed by atoms with Crippen LogP contribution in [0.4, 0.5) is 5.69 Å². The first-order valence-corrected chi connectivity index (χ1v) is 9.21. The Morgan fingerprint density at radius 1 is 1.36 bits per heavy atom. The summed E-state index contributed by atoms with van der Waals surface area (Å²) in [5.41, 5.74) is 1.08. The number of aromatic nitrogens is 1. The third-order valence-electron chi connectivity index (χ3n) is 4.24. The summed E-state index contributed by atoms with van der Waals surface area (Å²) >= 11 is 1.52. The molecular weight excluding hydrogens is 338 g/mol. The Kier molecular flexibility index (Phi) is 5.13. The predicted octanol–water partition coefficient (Wildman–Crippen LogP) is 3.09. The Labute approximate surface area is 151 Å². The Hall–Kier alpha value is -2.28. The average Bonchev–Trinajstić information content (AvgIpc) is 3.06. The molecule has 2 amide bonds. The lowest BCUT2D eigenvalue weighted by molar-refractivity contribution is -0.116. The van der Waals surface area contributed by atoms with Crippen molar-refractivity contribution in [3.05, 3.63) is 42.1 Å². The van der Waals surface area contributed by atoms with Crippen molar-refractivity contribution in [2.24, 2.45) is 5.92 Å². The number of hydrogen-bond donors (Lipinski definition) is 1. The smallest absolute Gasteiger partial charge is 0.273 e. The van der Waals surface area contributed by atoms with E-state index in [9.17, 15) is 9.59 Å². The Morgan fingerprint density at radius 2 is 2.12 bits per heavy atom. The molecule has 0 fully saturated rings. The number of fused-ring (bicyclic) bond motifs is 1. The third kappa shape index (κ3) is 3.87. The average molecular weight is 359 g/mol. The molecule has 1 atom stereocenters. The van der Waals surface area contributed by atoms with Crippen LogP contribution in [0.15, 0.2) is 39.8 Å². The molecule has 132 valence electrons. The van der Waals surface area contributed by atoms with Crippen molar-refractivity contribution in [1.29, 1.82) is 0 Å². The Morgan fingerprint density at radius 3 is 2.88 bits per heavy atom. The Bertz CT molecular complexity index is 787. The van der Waals surface area contributed by atoms with Crippen LogP contribution >= 0.6 is 11.8 Å². The van der Waals surface area contributed by atoms with Gasteiger partial charge in [-0.05, 0) is 25.0 Å². The summed E-state index contributed by atoms with van der Waals surface area (Å²) in [6.45, 7) is 6.24. The highest BCUT2D eigenvalue weighted by molar-refractivity contribution is 8.00. The number of oxazole rings is 1. The molecule has 1 aromatic heterocycles. The lowest BCUT2D eigenvalue weighted by Crippen LogP contribution is -2.36. The van der Waals surface area contributed by atoms with Crippen LogP contribution in [-0.2, 0) is 11.3 Å². The van der Waals surface area contributed by atoms with Gasteiger partial charge in [0.1, 0.15) is 12.8 Å². The number of benzene rings is 1. The molecule has 1 aliphatic heterocycles. The number of para-hydroxylation sites is 1. The molecule has 25 heavy (non-hydrogen) atoms. The zero-order chi connectivity index (χ0) is 18.0. The van der Waals surface area contributed by atoms with E-state index < -0.39 is 0 Å². The fraction of sp³-hybridized carbons (Fsp3) is 0.389. The van der Waals surface area contributed by atoms with Gasteiger partial charge in [-0.2, -0.15) is 0 Å². The predicted molar refractivity (Wildman–Crippen MR) is 96.6 cm³/mol. The van der Waals surface area contributed by atoms with Gasteiger partial charge in [-0.15, -0.1) is 11.8 Å². The first-order valence-electron chi connectivity index (χ1n) is 8.23.